The Kier molecular flexibility index (Phi) is 3.85. The van der Waals surface area contributed by atoms with E-state index in [0.29, 0.717) is 11.3 Å². The first kappa shape index (κ1) is 14.7. The fourth-order valence-electron chi connectivity index (χ4n) is 3.74. The highest BCUT2D eigenvalue weighted by Crippen LogP contribution is 2.45. The summed E-state index contributed by atoms with van der Waals surface area (Å²) >= 11 is 0. The van der Waals surface area contributed by atoms with Gasteiger partial charge in [-0.25, -0.2) is 0 Å². The molecular formula is C16H31N3. The van der Waals surface area contributed by atoms with Crippen molar-refractivity contribution in [2.45, 2.75) is 65.8 Å². The van der Waals surface area contributed by atoms with Crippen LogP contribution in [0.3, 0.4) is 0 Å². The minimum absolute atomic E-state index is 0.246. The average molecular weight is 265 g/mol. The molecule has 3 nitrogen and oxygen atoms in total. The Labute approximate surface area is 118 Å². The Hall–Kier alpha value is -0.730. The summed E-state index contributed by atoms with van der Waals surface area (Å²) < 4.78 is 0. The smallest absolute Gasteiger partial charge is 0.191 e. The largest absolute Gasteiger partial charge is 0.370 e. The zero-order chi connectivity index (χ0) is 14.3. The Bertz CT molecular complexity index is 343. The molecule has 1 saturated carbocycles. The topological polar surface area (TPSA) is 41.6 Å². The van der Waals surface area contributed by atoms with Gasteiger partial charge in [0.2, 0.25) is 0 Å². The van der Waals surface area contributed by atoms with Gasteiger partial charge in [-0.15, -0.1) is 0 Å². The third kappa shape index (κ3) is 2.90. The maximum Gasteiger partial charge on any atom is 0.191 e. The maximum atomic E-state index is 6.13. The summed E-state index contributed by atoms with van der Waals surface area (Å²) in [5, 5.41) is 0. The van der Waals surface area contributed by atoms with Crippen LogP contribution in [-0.2, 0) is 0 Å². The molecule has 0 amide bonds. The van der Waals surface area contributed by atoms with Gasteiger partial charge in [0.15, 0.2) is 5.96 Å². The number of hydrogen-bond acceptors (Lipinski definition) is 3. The second-order valence-electron chi connectivity index (χ2n) is 8.04. The van der Waals surface area contributed by atoms with Gasteiger partial charge in [-0.1, -0.05) is 34.6 Å². The van der Waals surface area contributed by atoms with Gasteiger partial charge < -0.3 is 10.6 Å². The number of guanidine groups is 1. The third-order valence-electron chi connectivity index (χ3n) is 5.07. The minimum atomic E-state index is 0.246. The molecule has 0 aromatic rings. The summed E-state index contributed by atoms with van der Waals surface area (Å²) in [4.78, 5) is 6.97. The van der Waals surface area contributed by atoms with Crippen molar-refractivity contribution in [2.24, 2.45) is 28.0 Å². The molecule has 2 rings (SSSR count). The minimum Gasteiger partial charge on any atom is -0.370 e. The van der Waals surface area contributed by atoms with Gasteiger partial charge in [0, 0.05) is 6.54 Å². The van der Waals surface area contributed by atoms with E-state index >= 15 is 0 Å². The van der Waals surface area contributed by atoms with Crippen molar-refractivity contribution < 1.29 is 0 Å². The fraction of sp³-hybridized carbons (Fsp3) is 0.938. The van der Waals surface area contributed by atoms with Crippen LogP contribution >= 0.6 is 0 Å². The molecule has 0 unspecified atom stereocenters. The predicted molar refractivity (Wildman–Crippen MR) is 82.2 cm³/mol. The molecule has 0 aromatic heterocycles. The molecule has 0 aromatic carbocycles. The van der Waals surface area contributed by atoms with E-state index < -0.39 is 0 Å². The van der Waals surface area contributed by atoms with Crippen molar-refractivity contribution in [2.75, 3.05) is 13.1 Å². The van der Waals surface area contributed by atoms with Crippen LogP contribution in [0.25, 0.3) is 0 Å². The van der Waals surface area contributed by atoms with Crippen LogP contribution in [0.1, 0.15) is 60.3 Å². The van der Waals surface area contributed by atoms with E-state index in [1.54, 1.807) is 0 Å². The molecule has 110 valence electrons. The van der Waals surface area contributed by atoms with E-state index in [9.17, 15) is 0 Å². The molecule has 2 aliphatic rings. The number of hydrogen-bond donors (Lipinski definition) is 1. The lowest BCUT2D eigenvalue weighted by molar-refractivity contribution is 0.0689. The Morgan fingerprint density at radius 2 is 1.89 bits per heavy atom. The second kappa shape index (κ2) is 4.99. The van der Waals surface area contributed by atoms with Crippen LogP contribution in [0.2, 0.25) is 0 Å². The normalized spacial score (nSPS) is 32.2. The molecule has 1 spiro atoms. The average Bonchev–Trinajstić information content (AvgIpc) is 2.58. The van der Waals surface area contributed by atoms with Crippen molar-refractivity contribution in [1.82, 2.24) is 4.90 Å². The van der Waals surface area contributed by atoms with Crippen molar-refractivity contribution in [3.8, 4) is 0 Å². The van der Waals surface area contributed by atoms with Crippen molar-refractivity contribution in [3.63, 3.8) is 0 Å². The van der Waals surface area contributed by atoms with Crippen molar-refractivity contribution in [1.29, 1.82) is 0 Å². The highest BCUT2D eigenvalue weighted by molar-refractivity contribution is 5.81. The summed E-state index contributed by atoms with van der Waals surface area (Å²) in [5.41, 5.74) is 6.82. The number of nitrogens with two attached hydrogens (primary N) is 1. The zero-order valence-corrected chi connectivity index (χ0v) is 13.4. The van der Waals surface area contributed by atoms with Gasteiger partial charge in [0.1, 0.15) is 0 Å². The lowest BCUT2D eigenvalue weighted by Gasteiger charge is -2.47. The third-order valence-corrected chi connectivity index (χ3v) is 5.07. The number of aliphatic imine (C=N–C) groups is 1. The van der Waals surface area contributed by atoms with Crippen LogP contribution in [0.15, 0.2) is 4.99 Å². The predicted octanol–water partition coefficient (Wildman–Crippen LogP) is 3.25. The monoisotopic (exact) mass is 265 g/mol. The zero-order valence-electron chi connectivity index (χ0n) is 13.4. The van der Waals surface area contributed by atoms with Gasteiger partial charge in [0.25, 0.3) is 0 Å². The lowest BCUT2D eigenvalue weighted by atomic mass is 9.67. The van der Waals surface area contributed by atoms with Crippen LogP contribution in [0, 0.1) is 17.3 Å². The highest BCUT2D eigenvalue weighted by atomic mass is 15.4. The lowest BCUT2D eigenvalue weighted by Crippen LogP contribution is -2.55. The molecule has 1 heterocycles. The molecule has 1 fully saturated rings. The van der Waals surface area contributed by atoms with Gasteiger partial charge in [-0.2, -0.15) is 0 Å². The second-order valence-corrected chi connectivity index (χ2v) is 8.04. The Morgan fingerprint density at radius 3 is 2.37 bits per heavy atom. The maximum absolute atomic E-state index is 6.13. The standard InChI is InChI=1S/C16H31N3/c1-12(2)10-19-14(17)18-11-16(19)8-6-13(7-9-16)15(3,4)5/h12-13H,6-11H2,1-5H3,(H2,17,18). The van der Waals surface area contributed by atoms with Gasteiger partial charge in [-0.05, 0) is 42.9 Å². The van der Waals surface area contributed by atoms with Gasteiger partial charge >= 0.3 is 0 Å². The number of rotatable bonds is 2. The molecule has 0 atom stereocenters. The van der Waals surface area contributed by atoms with Crippen molar-refractivity contribution in [3.05, 3.63) is 0 Å². The van der Waals surface area contributed by atoms with Crippen LogP contribution in [-0.4, -0.2) is 29.5 Å². The summed E-state index contributed by atoms with van der Waals surface area (Å²) in [7, 11) is 0. The van der Waals surface area contributed by atoms with Gasteiger partial charge in [0.05, 0.1) is 12.1 Å². The summed E-state index contributed by atoms with van der Waals surface area (Å²) in [6.07, 6.45) is 5.15. The molecular weight excluding hydrogens is 234 g/mol. The molecule has 1 aliphatic carbocycles. The first-order chi connectivity index (χ1) is 8.74. The fourth-order valence-corrected chi connectivity index (χ4v) is 3.74. The van der Waals surface area contributed by atoms with E-state index in [4.69, 9.17) is 5.73 Å². The molecule has 2 N–H and O–H groups in total. The summed E-state index contributed by atoms with van der Waals surface area (Å²) in [5.74, 6) is 2.27. The molecule has 0 saturated heterocycles. The Morgan fingerprint density at radius 1 is 1.32 bits per heavy atom. The van der Waals surface area contributed by atoms with Gasteiger partial charge in [-0.3, -0.25) is 4.99 Å². The molecule has 19 heavy (non-hydrogen) atoms. The Balaban J connectivity index is 2.05. The van der Waals surface area contributed by atoms with E-state index in [-0.39, 0.29) is 5.54 Å². The first-order valence-corrected chi connectivity index (χ1v) is 7.82. The SMILES string of the molecule is CC(C)CN1C(N)=NCC12CCC(C(C)(C)C)CC2. The van der Waals surface area contributed by atoms with Crippen molar-refractivity contribution >= 4 is 5.96 Å². The van der Waals surface area contributed by atoms with Crippen LogP contribution in [0.5, 0.6) is 0 Å². The van der Waals surface area contributed by atoms with Crippen LogP contribution < -0.4 is 5.73 Å². The van der Waals surface area contributed by atoms with E-state index in [2.05, 4.69) is 44.5 Å². The summed E-state index contributed by atoms with van der Waals surface area (Å²) in [6, 6.07) is 0. The highest BCUT2D eigenvalue weighted by Gasteiger charge is 2.46. The van der Waals surface area contributed by atoms with E-state index in [1.165, 1.54) is 25.7 Å². The van der Waals surface area contributed by atoms with Crippen LogP contribution in [0.4, 0.5) is 0 Å². The molecule has 0 bridgehead atoms. The molecule has 1 aliphatic heterocycles. The van der Waals surface area contributed by atoms with E-state index in [0.717, 1.165) is 25.0 Å². The summed E-state index contributed by atoms with van der Waals surface area (Å²) in [6.45, 7) is 13.6. The number of nitrogens with zero attached hydrogens (tertiary/aromatic N) is 2. The quantitative estimate of drug-likeness (QED) is 0.832. The molecule has 3 heteroatoms. The van der Waals surface area contributed by atoms with E-state index in [1.807, 2.05) is 0 Å². The molecule has 0 radical (unpaired) electrons. The first-order valence-electron chi connectivity index (χ1n) is 7.82.